The summed E-state index contributed by atoms with van der Waals surface area (Å²) in [4.78, 5) is 51.5. The maximum absolute atomic E-state index is 14.7. The van der Waals surface area contributed by atoms with Crippen LogP contribution in [-0.4, -0.2) is 37.1 Å². The van der Waals surface area contributed by atoms with Crippen LogP contribution < -0.4 is 28.4 Å². The smallest absolute Gasteiger partial charge is 0.343 e. The van der Waals surface area contributed by atoms with E-state index in [-0.39, 0.29) is 45.4 Å². The third kappa shape index (κ3) is 18.7. The van der Waals surface area contributed by atoms with Crippen LogP contribution in [0.5, 0.6) is 34.5 Å². The zero-order valence-electron chi connectivity index (χ0n) is 39.1. The van der Waals surface area contributed by atoms with Crippen LogP contribution in [0, 0.1) is 5.82 Å². The van der Waals surface area contributed by atoms with E-state index >= 15 is 0 Å². The molecule has 0 aliphatic carbocycles. The molecular weight excluding hydrogens is 852 g/mol. The minimum absolute atomic E-state index is 0.0108. The van der Waals surface area contributed by atoms with Crippen LogP contribution >= 0.6 is 0 Å². The molecule has 0 aliphatic rings. The minimum Gasteiger partial charge on any atom is -0.494 e. The summed E-state index contributed by atoms with van der Waals surface area (Å²) >= 11 is 0. The molecule has 0 spiro atoms. The van der Waals surface area contributed by atoms with Crippen LogP contribution in [0.1, 0.15) is 171 Å². The number of esters is 4. The zero-order valence-corrected chi connectivity index (χ0v) is 39.1. The van der Waals surface area contributed by atoms with Crippen LogP contribution in [0.2, 0.25) is 0 Å². The summed E-state index contributed by atoms with van der Waals surface area (Å²) in [6.07, 6.45) is 21.8. The summed E-state index contributed by atoms with van der Waals surface area (Å²) < 4.78 is 48.1. The first-order chi connectivity index (χ1) is 32.7. The van der Waals surface area contributed by atoms with Crippen molar-refractivity contribution in [3.8, 4) is 34.5 Å². The van der Waals surface area contributed by atoms with E-state index in [1.807, 2.05) is 0 Å². The quantitative estimate of drug-likeness (QED) is 0.0250. The van der Waals surface area contributed by atoms with Crippen LogP contribution in [0.3, 0.4) is 0 Å². The number of unbranched alkanes of at least 4 members (excludes halogenated alkanes) is 16. The van der Waals surface area contributed by atoms with E-state index in [9.17, 15) is 23.6 Å². The second-order valence-corrected chi connectivity index (χ2v) is 16.6. The molecule has 0 bridgehead atoms. The van der Waals surface area contributed by atoms with Crippen molar-refractivity contribution in [1.82, 2.24) is 0 Å². The summed E-state index contributed by atoms with van der Waals surface area (Å²) in [6, 6.07) is 28.4. The van der Waals surface area contributed by atoms with Crippen LogP contribution in [0.15, 0.2) is 115 Å². The maximum Gasteiger partial charge on any atom is 0.343 e. The number of carbonyl (C=O) groups is 4. The fourth-order valence-electron chi connectivity index (χ4n) is 7.21. The lowest BCUT2D eigenvalue weighted by Gasteiger charge is -2.10. The third-order valence-electron chi connectivity index (χ3n) is 11.1. The molecule has 11 heteroatoms. The first-order valence-corrected chi connectivity index (χ1v) is 24.1. The molecule has 0 unspecified atom stereocenters. The Labute approximate surface area is 395 Å². The molecule has 67 heavy (non-hydrogen) atoms. The van der Waals surface area contributed by atoms with Gasteiger partial charge >= 0.3 is 23.9 Å². The molecule has 5 aromatic rings. The molecule has 0 atom stereocenters. The highest BCUT2D eigenvalue weighted by Crippen LogP contribution is 2.25. The Kier molecular flexibility index (Phi) is 22.5. The second-order valence-electron chi connectivity index (χ2n) is 16.6. The Balaban J connectivity index is 0.998. The predicted octanol–water partition coefficient (Wildman–Crippen LogP) is 14.5. The van der Waals surface area contributed by atoms with E-state index in [0.29, 0.717) is 24.5 Å². The Morgan fingerprint density at radius 1 is 0.358 bits per heavy atom. The van der Waals surface area contributed by atoms with Gasteiger partial charge in [0.15, 0.2) is 11.6 Å². The highest BCUT2D eigenvalue weighted by molar-refractivity contribution is 5.94. The van der Waals surface area contributed by atoms with Gasteiger partial charge in [0.25, 0.3) is 0 Å². The fraction of sp³-hybridized carbons (Fsp3) is 0.393. The van der Waals surface area contributed by atoms with Crippen LogP contribution in [0.4, 0.5) is 4.39 Å². The molecule has 0 aliphatic heterocycles. The predicted molar refractivity (Wildman–Crippen MR) is 257 cm³/mol. The molecule has 0 saturated heterocycles. The molecule has 0 radical (unpaired) electrons. The van der Waals surface area contributed by atoms with Crippen molar-refractivity contribution < 1.29 is 52.0 Å². The van der Waals surface area contributed by atoms with Gasteiger partial charge in [-0.2, -0.15) is 0 Å². The number of hydrogen-bond acceptors (Lipinski definition) is 10. The molecule has 10 nitrogen and oxygen atoms in total. The highest BCUT2D eigenvalue weighted by Gasteiger charge is 2.16. The zero-order chi connectivity index (χ0) is 47.5. The molecule has 0 amide bonds. The topological polar surface area (TPSA) is 124 Å². The van der Waals surface area contributed by atoms with E-state index in [0.717, 1.165) is 38.2 Å². The van der Waals surface area contributed by atoms with E-state index in [4.69, 9.17) is 28.4 Å². The average Bonchev–Trinajstić information content (AvgIpc) is 3.33. The average molecular weight is 917 g/mol. The summed E-state index contributed by atoms with van der Waals surface area (Å²) in [5, 5.41) is 0. The molecule has 5 aromatic carbocycles. The molecular formula is C56H65FO10. The van der Waals surface area contributed by atoms with Gasteiger partial charge in [-0.15, -0.1) is 0 Å². The monoisotopic (exact) mass is 916 g/mol. The van der Waals surface area contributed by atoms with E-state index in [2.05, 4.69) is 13.8 Å². The summed E-state index contributed by atoms with van der Waals surface area (Å²) in [7, 11) is 0. The van der Waals surface area contributed by atoms with Gasteiger partial charge in [-0.1, -0.05) is 123 Å². The number of halogens is 1. The number of rotatable bonds is 30. The number of carbonyl (C=O) groups excluding carboxylic acids is 4. The maximum atomic E-state index is 14.7. The van der Waals surface area contributed by atoms with Crippen molar-refractivity contribution in [2.24, 2.45) is 0 Å². The van der Waals surface area contributed by atoms with Gasteiger partial charge in [0.2, 0.25) is 0 Å². The Bertz CT molecular complexity index is 2270. The highest BCUT2D eigenvalue weighted by atomic mass is 19.1. The molecule has 0 N–H and O–H groups in total. The largest absolute Gasteiger partial charge is 0.494 e. The lowest BCUT2D eigenvalue weighted by molar-refractivity contribution is 0.0723. The van der Waals surface area contributed by atoms with E-state index in [1.54, 1.807) is 30.3 Å². The molecule has 0 fully saturated rings. The van der Waals surface area contributed by atoms with Crippen LogP contribution in [0.25, 0.3) is 0 Å². The Hall–Kier alpha value is -6.49. The van der Waals surface area contributed by atoms with Gasteiger partial charge in [0.1, 0.15) is 28.7 Å². The fourth-order valence-corrected chi connectivity index (χ4v) is 7.21. The summed E-state index contributed by atoms with van der Waals surface area (Å²) in [5.74, 6) is -1.95. The second kappa shape index (κ2) is 29.2. The van der Waals surface area contributed by atoms with Gasteiger partial charge in [-0.05, 0) is 116 Å². The molecule has 5 rings (SSSR count). The summed E-state index contributed by atoms with van der Waals surface area (Å²) in [5.41, 5.74) is 0.733. The lowest BCUT2D eigenvalue weighted by Crippen LogP contribution is -2.11. The van der Waals surface area contributed by atoms with E-state index < -0.39 is 29.7 Å². The van der Waals surface area contributed by atoms with Crippen molar-refractivity contribution in [2.75, 3.05) is 13.2 Å². The number of ether oxygens (including phenoxy) is 6. The number of hydrogen-bond donors (Lipinski definition) is 0. The molecule has 356 valence electrons. The van der Waals surface area contributed by atoms with Gasteiger partial charge in [0, 0.05) is 6.07 Å². The van der Waals surface area contributed by atoms with Crippen LogP contribution in [-0.2, 0) is 0 Å². The normalized spacial score (nSPS) is 10.9. The molecule has 0 heterocycles. The van der Waals surface area contributed by atoms with Crippen molar-refractivity contribution in [3.05, 3.63) is 143 Å². The SMILES string of the molecule is CCCCCCCCCCCCOc1ccc(C(=O)Oc2ccc(C(=O)Oc3cccc(OC(=O)c4ccc(OC(=O)c5ccc(OCCCCCCCCCC)c(F)c5)cc4)c3)cc2)cc1. The minimum atomic E-state index is -0.771. The Morgan fingerprint density at radius 3 is 1.12 bits per heavy atom. The Morgan fingerprint density at radius 2 is 0.701 bits per heavy atom. The standard InChI is InChI=1S/C56H65FO10/c1-3-5-7-9-11-13-14-16-17-19-38-62-46-31-24-42(25-32-46)53(58)64-47-33-26-43(27-34-47)54(59)66-49-22-21-23-50(41-49)67-55(60)44-28-35-48(36-29-44)65-56(61)45-30-37-52(51(57)40-45)63-39-20-18-15-12-10-8-6-4-2/h21-37,40-41H,3-20,38-39H2,1-2H3. The number of benzene rings is 5. The lowest BCUT2D eigenvalue weighted by atomic mass is 10.1. The first-order valence-electron chi connectivity index (χ1n) is 24.1. The van der Waals surface area contributed by atoms with Crippen molar-refractivity contribution in [2.45, 2.75) is 129 Å². The third-order valence-corrected chi connectivity index (χ3v) is 11.1. The van der Waals surface area contributed by atoms with Gasteiger partial charge in [0.05, 0.1) is 35.5 Å². The van der Waals surface area contributed by atoms with Gasteiger partial charge in [-0.3, -0.25) is 0 Å². The van der Waals surface area contributed by atoms with Crippen molar-refractivity contribution in [3.63, 3.8) is 0 Å². The van der Waals surface area contributed by atoms with Crippen molar-refractivity contribution >= 4 is 23.9 Å². The summed E-state index contributed by atoms with van der Waals surface area (Å²) in [6.45, 7) is 5.47. The molecule has 0 aromatic heterocycles. The van der Waals surface area contributed by atoms with Gasteiger partial charge < -0.3 is 28.4 Å². The van der Waals surface area contributed by atoms with E-state index in [1.165, 1.54) is 162 Å². The molecule has 0 saturated carbocycles. The van der Waals surface area contributed by atoms with Gasteiger partial charge in [-0.25, -0.2) is 23.6 Å². The first kappa shape index (κ1) is 51.5. The van der Waals surface area contributed by atoms with Crippen molar-refractivity contribution in [1.29, 1.82) is 0 Å².